The molecule has 0 saturated heterocycles. The summed E-state index contributed by atoms with van der Waals surface area (Å²) >= 11 is 10.8. The quantitative estimate of drug-likeness (QED) is 0.309. The summed E-state index contributed by atoms with van der Waals surface area (Å²) in [4.78, 5) is 5.80. The van der Waals surface area contributed by atoms with Crippen LogP contribution in [0.3, 0.4) is 0 Å². The highest BCUT2D eigenvalue weighted by Gasteiger charge is 2.14. The van der Waals surface area contributed by atoms with Gasteiger partial charge in [0.05, 0.1) is 10.6 Å². The minimum absolute atomic E-state index is 0.449. The Bertz CT molecular complexity index is 1030. The molecule has 28 heavy (non-hydrogen) atoms. The van der Waals surface area contributed by atoms with Crippen LogP contribution in [-0.4, -0.2) is 19.7 Å². The van der Waals surface area contributed by atoms with E-state index < -0.39 is 0 Å². The fourth-order valence-electron chi connectivity index (χ4n) is 2.56. The fraction of sp³-hybridized carbons (Fsp3) is 0.211. The van der Waals surface area contributed by atoms with E-state index in [0.29, 0.717) is 11.6 Å². The molecule has 5 nitrogen and oxygen atoms in total. The second-order valence-electron chi connectivity index (χ2n) is 5.79. The first-order valence-electron chi connectivity index (χ1n) is 8.64. The zero-order valence-electron chi connectivity index (χ0n) is 15.0. The monoisotopic (exact) mass is 448 g/mol. The van der Waals surface area contributed by atoms with E-state index in [1.54, 1.807) is 34.4 Å². The van der Waals surface area contributed by atoms with Crippen LogP contribution in [0.2, 0.25) is 5.02 Å². The lowest BCUT2D eigenvalue weighted by Crippen LogP contribution is -1.99. The first-order chi connectivity index (χ1) is 13.7. The molecule has 0 aliphatic heterocycles. The van der Waals surface area contributed by atoms with Gasteiger partial charge in [0.2, 0.25) is 0 Å². The summed E-state index contributed by atoms with van der Waals surface area (Å²) in [5, 5.41) is 15.4. The van der Waals surface area contributed by atoms with Crippen molar-refractivity contribution in [3.8, 4) is 16.5 Å². The van der Waals surface area contributed by atoms with Crippen molar-refractivity contribution in [2.24, 2.45) is 0 Å². The third kappa shape index (κ3) is 4.57. The van der Waals surface area contributed by atoms with E-state index >= 15 is 0 Å². The zero-order chi connectivity index (χ0) is 19.3. The summed E-state index contributed by atoms with van der Waals surface area (Å²) in [6.45, 7) is 3.39. The Hall–Kier alpha value is -1.87. The average Bonchev–Trinajstić information content (AvgIpc) is 3.45. The number of hydrogen-bond donors (Lipinski definition) is 0. The van der Waals surface area contributed by atoms with Crippen LogP contribution in [0.25, 0.3) is 10.7 Å². The van der Waals surface area contributed by atoms with Gasteiger partial charge < -0.3 is 9.30 Å². The Balaban J connectivity index is 1.36. The third-order valence-corrected chi connectivity index (χ3v) is 6.89. The van der Waals surface area contributed by atoms with Gasteiger partial charge >= 0.3 is 0 Å². The van der Waals surface area contributed by atoms with Gasteiger partial charge in [-0.2, -0.15) is 0 Å². The van der Waals surface area contributed by atoms with E-state index in [9.17, 15) is 0 Å². The maximum absolute atomic E-state index is 5.89. The molecule has 4 aromatic rings. The van der Waals surface area contributed by atoms with Crippen LogP contribution in [0, 0.1) is 0 Å². The van der Waals surface area contributed by atoms with Crippen LogP contribution in [0.15, 0.2) is 52.3 Å². The predicted molar refractivity (Wildman–Crippen MR) is 116 cm³/mol. The second kappa shape index (κ2) is 9.09. The number of rotatable bonds is 8. The Morgan fingerprint density at radius 1 is 1.14 bits per heavy atom. The van der Waals surface area contributed by atoms with Gasteiger partial charge in [-0.1, -0.05) is 29.4 Å². The molecule has 0 aliphatic rings. The Kier molecular flexibility index (Phi) is 6.31. The first kappa shape index (κ1) is 19.4. The van der Waals surface area contributed by atoms with E-state index in [-0.39, 0.29) is 0 Å². The molecular formula is C19H17ClN4OS3. The van der Waals surface area contributed by atoms with Gasteiger partial charge in [0.1, 0.15) is 17.4 Å². The number of thiazole rings is 1. The molecule has 3 aromatic heterocycles. The number of halogens is 1. The molecule has 0 unspecified atom stereocenters. The Morgan fingerprint density at radius 3 is 2.75 bits per heavy atom. The summed E-state index contributed by atoms with van der Waals surface area (Å²) in [5.41, 5.74) is 1.02. The average molecular weight is 449 g/mol. The molecule has 3 heterocycles. The molecule has 9 heteroatoms. The molecule has 0 fully saturated rings. The summed E-state index contributed by atoms with van der Waals surface area (Å²) < 4.78 is 7.91. The fourth-order valence-corrected chi connectivity index (χ4v) is 5.11. The smallest absolute Gasteiger partial charge is 0.191 e. The van der Waals surface area contributed by atoms with Crippen molar-refractivity contribution >= 4 is 46.0 Å². The number of benzene rings is 1. The third-order valence-electron chi connectivity index (χ3n) is 3.90. The molecule has 0 radical (unpaired) electrons. The molecule has 0 atom stereocenters. The van der Waals surface area contributed by atoms with Gasteiger partial charge in [0, 0.05) is 22.7 Å². The highest BCUT2D eigenvalue weighted by molar-refractivity contribution is 7.98. The van der Waals surface area contributed by atoms with Crippen molar-refractivity contribution in [3.63, 3.8) is 0 Å². The van der Waals surface area contributed by atoms with Gasteiger partial charge in [-0.25, -0.2) is 4.98 Å². The van der Waals surface area contributed by atoms with Crippen LogP contribution in [0.4, 0.5) is 0 Å². The SMILES string of the molecule is CCn1c(SCc2csc(COc3ccc(Cl)cc3)n2)nnc1-c1cccs1. The maximum Gasteiger partial charge on any atom is 0.191 e. The van der Waals surface area contributed by atoms with E-state index in [1.165, 1.54) is 0 Å². The highest BCUT2D eigenvalue weighted by Crippen LogP contribution is 2.29. The number of thioether (sulfide) groups is 1. The highest BCUT2D eigenvalue weighted by atomic mass is 35.5. The Labute approximate surface area is 180 Å². The van der Waals surface area contributed by atoms with E-state index in [2.05, 4.69) is 43.5 Å². The summed E-state index contributed by atoms with van der Waals surface area (Å²) in [6, 6.07) is 11.4. The van der Waals surface area contributed by atoms with Crippen LogP contribution in [0.5, 0.6) is 5.75 Å². The number of nitrogens with zero attached hydrogens (tertiary/aromatic N) is 4. The maximum atomic E-state index is 5.89. The molecule has 144 valence electrons. The van der Waals surface area contributed by atoms with Crippen molar-refractivity contribution in [2.45, 2.75) is 31.0 Å². The van der Waals surface area contributed by atoms with Crippen molar-refractivity contribution in [2.75, 3.05) is 0 Å². The topological polar surface area (TPSA) is 52.8 Å². The van der Waals surface area contributed by atoms with Gasteiger partial charge in [0.25, 0.3) is 0 Å². The normalized spacial score (nSPS) is 11.1. The number of aromatic nitrogens is 4. The van der Waals surface area contributed by atoms with Crippen LogP contribution in [-0.2, 0) is 18.9 Å². The van der Waals surface area contributed by atoms with Crippen molar-refractivity contribution in [1.29, 1.82) is 0 Å². The molecular weight excluding hydrogens is 432 g/mol. The molecule has 0 saturated carbocycles. The van der Waals surface area contributed by atoms with E-state index in [4.69, 9.17) is 16.3 Å². The van der Waals surface area contributed by atoms with Crippen molar-refractivity contribution < 1.29 is 4.74 Å². The molecule has 0 spiro atoms. The molecule has 4 rings (SSSR count). The Morgan fingerprint density at radius 2 is 2.00 bits per heavy atom. The van der Waals surface area contributed by atoms with Crippen LogP contribution >= 0.6 is 46.0 Å². The van der Waals surface area contributed by atoms with Gasteiger partial charge in [0.15, 0.2) is 11.0 Å². The second-order valence-corrected chi connectivity index (χ2v) is 9.06. The minimum atomic E-state index is 0.449. The molecule has 0 aliphatic carbocycles. The molecule has 0 amide bonds. The molecule has 1 aromatic carbocycles. The molecule has 0 N–H and O–H groups in total. The van der Waals surface area contributed by atoms with E-state index in [1.807, 2.05) is 30.3 Å². The van der Waals surface area contributed by atoms with Gasteiger partial charge in [-0.3, -0.25) is 0 Å². The van der Waals surface area contributed by atoms with Crippen LogP contribution in [0.1, 0.15) is 17.6 Å². The standard InChI is InChI=1S/C19H17ClN4OS3/c1-2-24-18(16-4-3-9-26-16)22-23-19(24)28-12-14-11-27-17(21-14)10-25-15-7-5-13(20)6-8-15/h3-9,11H,2,10,12H2,1H3. The summed E-state index contributed by atoms with van der Waals surface area (Å²) in [5.74, 6) is 2.46. The molecule has 0 bridgehead atoms. The van der Waals surface area contributed by atoms with Crippen molar-refractivity contribution in [1.82, 2.24) is 19.7 Å². The van der Waals surface area contributed by atoms with Crippen LogP contribution < -0.4 is 4.74 Å². The van der Waals surface area contributed by atoms with Gasteiger partial charge in [-0.15, -0.1) is 32.9 Å². The first-order valence-corrected chi connectivity index (χ1v) is 11.8. The lowest BCUT2D eigenvalue weighted by Gasteiger charge is -2.05. The number of thiophene rings is 1. The summed E-state index contributed by atoms with van der Waals surface area (Å²) in [7, 11) is 0. The van der Waals surface area contributed by atoms with Gasteiger partial charge in [-0.05, 0) is 42.6 Å². The summed E-state index contributed by atoms with van der Waals surface area (Å²) in [6.07, 6.45) is 0. The minimum Gasteiger partial charge on any atom is -0.486 e. The largest absolute Gasteiger partial charge is 0.486 e. The predicted octanol–water partition coefficient (Wildman–Crippen LogP) is 6.01. The van der Waals surface area contributed by atoms with Crippen molar-refractivity contribution in [3.05, 3.63) is 62.9 Å². The zero-order valence-corrected chi connectivity index (χ0v) is 18.2. The number of ether oxygens (including phenoxy) is 1. The van der Waals surface area contributed by atoms with E-state index in [0.717, 1.165) is 44.6 Å². The lowest BCUT2D eigenvalue weighted by molar-refractivity contribution is 0.305. The number of hydrogen-bond acceptors (Lipinski definition) is 7. The lowest BCUT2D eigenvalue weighted by atomic mass is 10.3.